The van der Waals surface area contributed by atoms with Crippen LogP contribution in [0.5, 0.6) is 5.75 Å². The Morgan fingerprint density at radius 2 is 2.00 bits per heavy atom. The van der Waals surface area contributed by atoms with Crippen LogP contribution in [0.15, 0.2) is 24.3 Å². The molecule has 1 unspecified atom stereocenters. The van der Waals surface area contributed by atoms with Gasteiger partial charge in [0.15, 0.2) is 6.61 Å². The molecule has 0 spiro atoms. The summed E-state index contributed by atoms with van der Waals surface area (Å²) in [6.45, 7) is 6.21. The fourth-order valence-corrected chi connectivity index (χ4v) is 1.61. The monoisotopic (exact) mass is 235 g/mol. The van der Waals surface area contributed by atoms with E-state index in [-0.39, 0.29) is 18.6 Å². The van der Waals surface area contributed by atoms with Crippen LogP contribution < -0.4 is 10.1 Å². The van der Waals surface area contributed by atoms with Crippen LogP contribution in [0.1, 0.15) is 32.3 Å². The first-order valence-corrected chi connectivity index (χ1v) is 6.10. The van der Waals surface area contributed by atoms with Gasteiger partial charge in [0, 0.05) is 6.04 Å². The van der Waals surface area contributed by atoms with Crippen molar-refractivity contribution in [2.75, 3.05) is 6.61 Å². The maximum atomic E-state index is 11.5. The molecule has 0 fully saturated rings. The molecule has 0 saturated heterocycles. The molecule has 0 saturated carbocycles. The number of carbonyl (C=O) groups is 1. The van der Waals surface area contributed by atoms with Gasteiger partial charge in [-0.15, -0.1) is 0 Å². The fourth-order valence-electron chi connectivity index (χ4n) is 1.61. The number of aryl methyl sites for hydroxylation is 1. The van der Waals surface area contributed by atoms with Crippen molar-refractivity contribution in [3.05, 3.63) is 29.8 Å². The van der Waals surface area contributed by atoms with E-state index in [1.54, 1.807) is 0 Å². The topological polar surface area (TPSA) is 38.3 Å². The molecule has 1 aromatic carbocycles. The molecular formula is C14H21NO2. The van der Waals surface area contributed by atoms with Gasteiger partial charge in [-0.3, -0.25) is 4.79 Å². The van der Waals surface area contributed by atoms with Crippen LogP contribution >= 0.6 is 0 Å². The summed E-state index contributed by atoms with van der Waals surface area (Å²) >= 11 is 0. The third kappa shape index (κ3) is 5.38. The summed E-state index contributed by atoms with van der Waals surface area (Å²) in [6.07, 6.45) is 2.07. The highest BCUT2D eigenvalue weighted by Gasteiger charge is 2.06. The fraction of sp³-hybridized carbons (Fsp3) is 0.500. The Bertz CT molecular complexity index is 346. The van der Waals surface area contributed by atoms with E-state index >= 15 is 0 Å². The van der Waals surface area contributed by atoms with E-state index in [2.05, 4.69) is 12.2 Å². The highest BCUT2D eigenvalue weighted by atomic mass is 16.5. The number of hydrogen-bond acceptors (Lipinski definition) is 2. The first-order valence-electron chi connectivity index (χ1n) is 6.10. The third-order valence-electron chi connectivity index (χ3n) is 2.52. The van der Waals surface area contributed by atoms with Crippen molar-refractivity contribution < 1.29 is 9.53 Å². The van der Waals surface area contributed by atoms with Crippen molar-refractivity contribution in [1.82, 2.24) is 5.32 Å². The molecule has 0 aromatic heterocycles. The predicted molar refractivity (Wildman–Crippen MR) is 69.2 cm³/mol. The molecule has 0 radical (unpaired) electrons. The van der Waals surface area contributed by atoms with Crippen LogP contribution in [0.2, 0.25) is 0 Å². The van der Waals surface area contributed by atoms with E-state index in [1.807, 2.05) is 38.1 Å². The second-order valence-corrected chi connectivity index (χ2v) is 4.36. The van der Waals surface area contributed by atoms with Gasteiger partial charge in [-0.2, -0.15) is 0 Å². The molecule has 3 heteroatoms. The van der Waals surface area contributed by atoms with E-state index in [0.29, 0.717) is 0 Å². The zero-order chi connectivity index (χ0) is 12.7. The summed E-state index contributed by atoms with van der Waals surface area (Å²) in [7, 11) is 0. The maximum Gasteiger partial charge on any atom is 0.258 e. The van der Waals surface area contributed by atoms with Crippen molar-refractivity contribution in [2.45, 2.75) is 39.7 Å². The molecule has 0 aliphatic carbocycles. The molecule has 94 valence electrons. The molecule has 0 aliphatic heterocycles. The van der Waals surface area contributed by atoms with Gasteiger partial charge in [-0.25, -0.2) is 0 Å². The Morgan fingerprint density at radius 1 is 1.35 bits per heavy atom. The lowest BCUT2D eigenvalue weighted by Gasteiger charge is -2.13. The van der Waals surface area contributed by atoms with E-state index in [9.17, 15) is 4.79 Å². The molecule has 1 amide bonds. The van der Waals surface area contributed by atoms with Crippen LogP contribution in [-0.2, 0) is 4.79 Å². The lowest BCUT2D eigenvalue weighted by Crippen LogP contribution is -2.35. The first kappa shape index (κ1) is 13.6. The molecule has 1 rings (SSSR count). The number of amides is 1. The van der Waals surface area contributed by atoms with Crippen LogP contribution in [0.3, 0.4) is 0 Å². The van der Waals surface area contributed by atoms with Crippen molar-refractivity contribution >= 4 is 5.91 Å². The third-order valence-corrected chi connectivity index (χ3v) is 2.52. The van der Waals surface area contributed by atoms with Crippen LogP contribution in [-0.4, -0.2) is 18.6 Å². The quantitative estimate of drug-likeness (QED) is 0.823. The van der Waals surface area contributed by atoms with E-state index < -0.39 is 0 Å². The summed E-state index contributed by atoms with van der Waals surface area (Å²) in [4.78, 5) is 11.5. The molecule has 3 nitrogen and oxygen atoms in total. The zero-order valence-corrected chi connectivity index (χ0v) is 10.8. The number of rotatable bonds is 6. The molecule has 1 atom stereocenters. The average Bonchev–Trinajstić information content (AvgIpc) is 2.28. The Labute approximate surface area is 103 Å². The smallest absolute Gasteiger partial charge is 0.258 e. The summed E-state index contributed by atoms with van der Waals surface area (Å²) < 4.78 is 5.39. The summed E-state index contributed by atoms with van der Waals surface area (Å²) in [6, 6.07) is 7.89. The standard InChI is InChI=1S/C14H21NO2/c1-4-5-12(3)15-14(16)10-17-13-8-6-11(2)7-9-13/h6-9,12H,4-5,10H2,1-3H3,(H,15,16). The van der Waals surface area contributed by atoms with Crippen molar-refractivity contribution in [3.8, 4) is 5.75 Å². The van der Waals surface area contributed by atoms with E-state index in [0.717, 1.165) is 18.6 Å². The van der Waals surface area contributed by atoms with Gasteiger partial charge in [-0.05, 0) is 32.4 Å². The Hall–Kier alpha value is -1.51. The summed E-state index contributed by atoms with van der Waals surface area (Å²) in [5.41, 5.74) is 1.18. The molecule has 1 N–H and O–H groups in total. The average molecular weight is 235 g/mol. The molecule has 0 heterocycles. The first-order chi connectivity index (χ1) is 8.11. The minimum atomic E-state index is -0.0634. The second kappa shape index (κ2) is 6.94. The van der Waals surface area contributed by atoms with Crippen LogP contribution in [0.4, 0.5) is 0 Å². The van der Waals surface area contributed by atoms with Crippen LogP contribution in [0.25, 0.3) is 0 Å². The van der Waals surface area contributed by atoms with Gasteiger partial charge >= 0.3 is 0 Å². The van der Waals surface area contributed by atoms with Crippen LogP contribution in [0, 0.1) is 6.92 Å². The Balaban J connectivity index is 2.30. The minimum Gasteiger partial charge on any atom is -0.484 e. The van der Waals surface area contributed by atoms with Crippen molar-refractivity contribution in [2.24, 2.45) is 0 Å². The van der Waals surface area contributed by atoms with Gasteiger partial charge in [0.2, 0.25) is 0 Å². The lowest BCUT2D eigenvalue weighted by molar-refractivity contribution is -0.123. The van der Waals surface area contributed by atoms with Crippen molar-refractivity contribution in [1.29, 1.82) is 0 Å². The molecule has 1 aromatic rings. The number of hydrogen-bond donors (Lipinski definition) is 1. The predicted octanol–water partition coefficient (Wildman–Crippen LogP) is 2.68. The molecule has 0 bridgehead atoms. The Morgan fingerprint density at radius 3 is 2.59 bits per heavy atom. The minimum absolute atomic E-state index is 0.0634. The van der Waals surface area contributed by atoms with Gasteiger partial charge in [0.1, 0.15) is 5.75 Å². The zero-order valence-electron chi connectivity index (χ0n) is 10.8. The molecule has 0 aliphatic rings. The lowest BCUT2D eigenvalue weighted by atomic mass is 10.2. The molecular weight excluding hydrogens is 214 g/mol. The van der Waals surface area contributed by atoms with Crippen molar-refractivity contribution in [3.63, 3.8) is 0 Å². The van der Waals surface area contributed by atoms with Gasteiger partial charge < -0.3 is 10.1 Å². The number of nitrogens with one attached hydrogen (secondary N) is 1. The van der Waals surface area contributed by atoms with E-state index in [1.165, 1.54) is 5.56 Å². The maximum absolute atomic E-state index is 11.5. The number of ether oxygens (including phenoxy) is 1. The van der Waals surface area contributed by atoms with Gasteiger partial charge in [0.25, 0.3) is 5.91 Å². The van der Waals surface area contributed by atoms with E-state index in [4.69, 9.17) is 4.74 Å². The van der Waals surface area contributed by atoms with Gasteiger partial charge in [-0.1, -0.05) is 31.0 Å². The normalized spacial score (nSPS) is 11.9. The SMILES string of the molecule is CCCC(C)NC(=O)COc1ccc(C)cc1. The highest BCUT2D eigenvalue weighted by molar-refractivity contribution is 5.77. The largest absolute Gasteiger partial charge is 0.484 e. The highest BCUT2D eigenvalue weighted by Crippen LogP contribution is 2.10. The Kier molecular flexibility index (Phi) is 5.53. The second-order valence-electron chi connectivity index (χ2n) is 4.36. The molecule has 17 heavy (non-hydrogen) atoms. The number of carbonyl (C=O) groups excluding carboxylic acids is 1. The summed E-state index contributed by atoms with van der Waals surface area (Å²) in [5.74, 6) is 0.667. The van der Waals surface area contributed by atoms with Gasteiger partial charge in [0.05, 0.1) is 0 Å². The number of benzene rings is 1. The summed E-state index contributed by atoms with van der Waals surface area (Å²) in [5, 5.41) is 2.90.